The van der Waals surface area contributed by atoms with Crippen molar-refractivity contribution in [3.05, 3.63) is 53.1 Å². The molecule has 6 heteroatoms. The first kappa shape index (κ1) is 20.0. The van der Waals surface area contributed by atoms with Crippen LogP contribution < -0.4 is 14.2 Å². The number of hydrogen-bond acceptors (Lipinski definition) is 6. The van der Waals surface area contributed by atoms with Gasteiger partial charge < -0.3 is 23.7 Å². The smallest absolute Gasteiger partial charge is 0.340 e. The van der Waals surface area contributed by atoms with Crippen molar-refractivity contribution in [1.29, 1.82) is 0 Å². The second-order valence-corrected chi connectivity index (χ2v) is 6.53. The van der Waals surface area contributed by atoms with E-state index in [1.54, 1.807) is 21.3 Å². The zero-order chi connectivity index (χ0) is 20.1. The third kappa shape index (κ3) is 3.92. The molecule has 2 atom stereocenters. The monoisotopic (exact) mass is 386 g/mol. The zero-order valence-corrected chi connectivity index (χ0v) is 16.7. The maximum absolute atomic E-state index is 12.8. The lowest BCUT2D eigenvalue weighted by atomic mass is 9.90. The van der Waals surface area contributed by atoms with E-state index in [2.05, 4.69) is 6.92 Å². The van der Waals surface area contributed by atoms with Gasteiger partial charge in [-0.3, -0.25) is 0 Å². The van der Waals surface area contributed by atoms with Gasteiger partial charge in [-0.25, -0.2) is 4.79 Å². The first-order valence-corrected chi connectivity index (χ1v) is 9.34. The summed E-state index contributed by atoms with van der Waals surface area (Å²) in [5, 5.41) is 0. The van der Waals surface area contributed by atoms with Gasteiger partial charge in [0.1, 0.15) is 5.75 Å². The van der Waals surface area contributed by atoms with E-state index in [1.165, 1.54) is 0 Å². The number of carbonyl (C=O) groups excluding carboxylic acids is 1. The fourth-order valence-corrected chi connectivity index (χ4v) is 3.26. The van der Waals surface area contributed by atoms with Crippen molar-refractivity contribution in [3.8, 4) is 17.2 Å². The summed E-state index contributed by atoms with van der Waals surface area (Å²) >= 11 is 0. The number of esters is 1. The molecule has 0 radical (unpaired) electrons. The van der Waals surface area contributed by atoms with Crippen molar-refractivity contribution in [1.82, 2.24) is 0 Å². The third-order valence-corrected chi connectivity index (χ3v) is 4.80. The lowest BCUT2D eigenvalue weighted by Gasteiger charge is -2.32. The lowest BCUT2D eigenvalue weighted by Crippen LogP contribution is -2.29. The minimum Gasteiger partial charge on any atom is -0.497 e. The second-order valence-electron chi connectivity index (χ2n) is 6.53. The Morgan fingerprint density at radius 2 is 1.57 bits per heavy atom. The minimum atomic E-state index is -0.782. The van der Waals surface area contributed by atoms with Crippen LogP contribution in [0.4, 0.5) is 0 Å². The number of hydrogen-bond donors (Lipinski definition) is 0. The Kier molecular flexibility index (Phi) is 6.41. The van der Waals surface area contributed by atoms with E-state index < -0.39 is 18.2 Å². The van der Waals surface area contributed by atoms with Gasteiger partial charge in [0.15, 0.2) is 23.7 Å². The standard InChI is InChI=1S/C22H26O6/c1-5-6-11-27-21-17-13-19(26-4)18(25-3)12-16(17)20(28-22(21)23)14-7-9-15(24-2)10-8-14/h7-10,12-13,20-21H,5-6,11H2,1-4H3. The Balaban J connectivity index is 2.06. The van der Waals surface area contributed by atoms with Crippen LogP contribution in [0.3, 0.4) is 0 Å². The number of carbonyl (C=O) groups is 1. The van der Waals surface area contributed by atoms with E-state index in [0.29, 0.717) is 18.1 Å². The van der Waals surface area contributed by atoms with Gasteiger partial charge in [-0.05, 0) is 36.2 Å². The Morgan fingerprint density at radius 1 is 0.929 bits per heavy atom. The van der Waals surface area contributed by atoms with Crippen molar-refractivity contribution in [2.45, 2.75) is 32.0 Å². The number of benzene rings is 2. The number of fused-ring (bicyclic) bond motifs is 1. The summed E-state index contributed by atoms with van der Waals surface area (Å²) in [5.41, 5.74) is 2.41. The Hall–Kier alpha value is -2.73. The molecule has 0 saturated carbocycles. The number of methoxy groups -OCH3 is 3. The average molecular weight is 386 g/mol. The summed E-state index contributed by atoms with van der Waals surface area (Å²) in [5.74, 6) is 1.45. The molecule has 6 nitrogen and oxygen atoms in total. The molecule has 1 heterocycles. The van der Waals surface area contributed by atoms with Gasteiger partial charge in [0.25, 0.3) is 0 Å². The van der Waals surface area contributed by atoms with Crippen LogP contribution in [0.25, 0.3) is 0 Å². The normalized spacial score (nSPS) is 18.2. The third-order valence-electron chi connectivity index (χ3n) is 4.80. The van der Waals surface area contributed by atoms with Gasteiger partial charge in [-0.1, -0.05) is 25.5 Å². The summed E-state index contributed by atoms with van der Waals surface area (Å²) in [6.07, 6.45) is 0.513. The molecular weight excluding hydrogens is 360 g/mol. The van der Waals surface area contributed by atoms with E-state index >= 15 is 0 Å². The second kappa shape index (κ2) is 8.97. The van der Waals surface area contributed by atoms with Crippen LogP contribution in [-0.4, -0.2) is 33.9 Å². The van der Waals surface area contributed by atoms with Crippen LogP contribution >= 0.6 is 0 Å². The maximum Gasteiger partial charge on any atom is 0.340 e. The van der Waals surface area contributed by atoms with E-state index in [-0.39, 0.29) is 0 Å². The van der Waals surface area contributed by atoms with Gasteiger partial charge in [0.05, 0.1) is 21.3 Å². The van der Waals surface area contributed by atoms with E-state index in [4.69, 9.17) is 23.7 Å². The lowest BCUT2D eigenvalue weighted by molar-refractivity contribution is -0.165. The fraction of sp³-hybridized carbons (Fsp3) is 0.409. The van der Waals surface area contributed by atoms with Crippen LogP contribution in [0.15, 0.2) is 36.4 Å². The molecule has 2 unspecified atom stereocenters. The molecule has 0 fully saturated rings. The number of cyclic esters (lactones) is 1. The highest BCUT2D eigenvalue weighted by molar-refractivity contribution is 5.80. The summed E-state index contributed by atoms with van der Waals surface area (Å²) in [6.45, 7) is 2.56. The molecule has 0 bridgehead atoms. The van der Waals surface area contributed by atoms with Crippen LogP contribution in [0.2, 0.25) is 0 Å². The molecule has 0 aromatic heterocycles. The summed E-state index contributed by atoms with van der Waals surface area (Å²) < 4.78 is 27.8. The minimum absolute atomic E-state index is 0.406. The maximum atomic E-state index is 12.8. The van der Waals surface area contributed by atoms with Gasteiger partial charge >= 0.3 is 5.97 Å². The Bertz CT molecular complexity index is 815. The highest BCUT2D eigenvalue weighted by atomic mass is 16.6. The van der Waals surface area contributed by atoms with Crippen LogP contribution in [0, 0.1) is 0 Å². The van der Waals surface area contributed by atoms with Crippen molar-refractivity contribution < 1.29 is 28.5 Å². The molecule has 28 heavy (non-hydrogen) atoms. The molecule has 3 rings (SSSR count). The van der Waals surface area contributed by atoms with Gasteiger partial charge in [0.2, 0.25) is 0 Å². The number of ether oxygens (including phenoxy) is 5. The molecule has 2 aromatic carbocycles. The van der Waals surface area contributed by atoms with E-state index in [9.17, 15) is 4.79 Å². The molecule has 0 spiro atoms. The average Bonchev–Trinajstić information content (AvgIpc) is 2.74. The van der Waals surface area contributed by atoms with Crippen LogP contribution in [0.5, 0.6) is 17.2 Å². The quantitative estimate of drug-likeness (QED) is 0.500. The highest BCUT2D eigenvalue weighted by Crippen LogP contribution is 2.44. The fourth-order valence-electron chi connectivity index (χ4n) is 3.26. The molecule has 150 valence electrons. The van der Waals surface area contributed by atoms with Crippen molar-refractivity contribution in [2.24, 2.45) is 0 Å². The van der Waals surface area contributed by atoms with Crippen molar-refractivity contribution in [3.63, 3.8) is 0 Å². The summed E-state index contributed by atoms with van der Waals surface area (Å²) in [4.78, 5) is 12.8. The Labute approximate surface area is 165 Å². The van der Waals surface area contributed by atoms with Gasteiger partial charge in [0, 0.05) is 17.7 Å². The molecule has 2 aromatic rings. The van der Waals surface area contributed by atoms with Crippen molar-refractivity contribution in [2.75, 3.05) is 27.9 Å². The van der Waals surface area contributed by atoms with E-state index in [1.807, 2.05) is 36.4 Å². The largest absolute Gasteiger partial charge is 0.497 e. The molecule has 1 aliphatic heterocycles. The number of unbranched alkanes of at least 4 members (excludes halogenated alkanes) is 1. The molecule has 0 amide bonds. The Morgan fingerprint density at radius 3 is 2.14 bits per heavy atom. The van der Waals surface area contributed by atoms with Crippen LogP contribution in [0.1, 0.15) is 48.7 Å². The number of rotatable bonds is 8. The molecular formula is C22H26O6. The molecule has 0 aliphatic carbocycles. The summed E-state index contributed by atoms with van der Waals surface area (Å²) in [7, 11) is 4.76. The topological polar surface area (TPSA) is 63.2 Å². The van der Waals surface area contributed by atoms with Gasteiger partial charge in [-0.2, -0.15) is 0 Å². The molecule has 1 aliphatic rings. The van der Waals surface area contributed by atoms with Crippen molar-refractivity contribution >= 4 is 5.97 Å². The zero-order valence-electron chi connectivity index (χ0n) is 16.7. The first-order valence-electron chi connectivity index (χ1n) is 9.34. The van der Waals surface area contributed by atoms with E-state index in [0.717, 1.165) is 35.3 Å². The SMILES string of the molecule is CCCCOC1C(=O)OC(c2ccc(OC)cc2)c2cc(OC)c(OC)cc21. The molecule has 0 N–H and O–H groups in total. The predicted molar refractivity (Wildman–Crippen MR) is 104 cm³/mol. The first-order chi connectivity index (χ1) is 13.6. The summed E-state index contributed by atoms with van der Waals surface area (Å²) in [6, 6.07) is 11.1. The van der Waals surface area contributed by atoms with Gasteiger partial charge in [-0.15, -0.1) is 0 Å². The van der Waals surface area contributed by atoms with Crippen LogP contribution in [-0.2, 0) is 14.3 Å². The molecule has 0 saturated heterocycles. The predicted octanol–water partition coefficient (Wildman–Crippen LogP) is 4.22. The highest BCUT2D eigenvalue weighted by Gasteiger charge is 2.38.